The zero-order valence-corrected chi connectivity index (χ0v) is 13.3. The second-order valence-corrected chi connectivity index (χ2v) is 7.96. The van der Waals surface area contributed by atoms with Crippen molar-refractivity contribution in [3.63, 3.8) is 0 Å². The number of carbonyl (C=O) groups is 1. The fourth-order valence-corrected chi connectivity index (χ4v) is 5.69. The van der Waals surface area contributed by atoms with Gasteiger partial charge in [-0.25, -0.2) is 0 Å². The van der Waals surface area contributed by atoms with Crippen molar-refractivity contribution >= 4 is 5.97 Å². The summed E-state index contributed by atoms with van der Waals surface area (Å²) in [6, 6.07) is 5.74. The highest BCUT2D eigenvalue weighted by molar-refractivity contribution is 5.77. The van der Waals surface area contributed by atoms with E-state index >= 15 is 0 Å². The number of hydrogen-bond acceptors (Lipinski definition) is 4. The fraction of sp³-hybridized carbons (Fsp3) is 0.632. The molecule has 23 heavy (non-hydrogen) atoms. The van der Waals surface area contributed by atoms with Gasteiger partial charge in [-0.3, -0.25) is 4.79 Å². The van der Waals surface area contributed by atoms with Crippen molar-refractivity contribution in [2.45, 2.75) is 45.1 Å². The van der Waals surface area contributed by atoms with Crippen LogP contribution in [0.15, 0.2) is 18.2 Å². The Bertz CT molecular complexity index is 615. The third-order valence-corrected chi connectivity index (χ3v) is 6.28. The van der Waals surface area contributed by atoms with Gasteiger partial charge >= 0.3 is 5.97 Å². The van der Waals surface area contributed by atoms with Crippen molar-refractivity contribution in [2.24, 2.45) is 23.2 Å². The van der Waals surface area contributed by atoms with E-state index in [0.717, 1.165) is 54.1 Å². The van der Waals surface area contributed by atoms with Crippen LogP contribution >= 0.6 is 0 Å². The van der Waals surface area contributed by atoms with E-state index in [1.165, 1.54) is 19.3 Å². The Hall–Kier alpha value is -1.71. The molecular formula is C19H22O4. The van der Waals surface area contributed by atoms with Crippen LogP contribution in [0.3, 0.4) is 0 Å². The number of benzene rings is 1. The van der Waals surface area contributed by atoms with Gasteiger partial charge in [0.25, 0.3) is 0 Å². The minimum atomic E-state index is -0.176. The molecule has 0 atom stereocenters. The molecule has 5 aliphatic rings. The van der Waals surface area contributed by atoms with Crippen LogP contribution in [0.4, 0.5) is 0 Å². The average Bonchev–Trinajstić information content (AvgIpc) is 2.99. The summed E-state index contributed by atoms with van der Waals surface area (Å²) in [7, 11) is 0. The number of esters is 1. The lowest BCUT2D eigenvalue weighted by atomic mass is 9.49. The maximum atomic E-state index is 12.8. The summed E-state index contributed by atoms with van der Waals surface area (Å²) >= 11 is 0. The Morgan fingerprint density at radius 3 is 2.39 bits per heavy atom. The van der Waals surface area contributed by atoms with Crippen LogP contribution in [0.1, 0.15) is 44.1 Å². The van der Waals surface area contributed by atoms with Crippen LogP contribution in [0.2, 0.25) is 0 Å². The van der Waals surface area contributed by atoms with Gasteiger partial charge in [-0.15, -0.1) is 0 Å². The zero-order chi connectivity index (χ0) is 15.4. The highest BCUT2D eigenvalue weighted by Crippen LogP contribution is 2.60. The first kappa shape index (κ1) is 13.7. The quantitative estimate of drug-likeness (QED) is 0.799. The third-order valence-electron chi connectivity index (χ3n) is 6.28. The van der Waals surface area contributed by atoms with E-state index in [4.69, 9.17) is 14.2 Å². The van der Waals surface area contributed by atoms with Crippen molar-refractivity contribution in [2.75, 3.05) is 6.79 Å². The van der Waals surface area contributed by atoms with Gasteiger partial charge in [0.05, 0.1) is 5.41 Å². The minimum Gasteiger partial charge on any atom is -0.460 e. The third kappa shape index (κ3) is 2.22. The van der Waals surface area contributed by atoms with E-state index in [9.17, 15) is 4.79 Å². The topological polar surface area (TPSA) is 44.8 Å². The molecule has 4 heteroatoms. The van der Waals surface area contributed by atoms with Gasteiger partial charge in [0.2, 0.25) is 6.79 Å². The van der Waals surface area contributed by atoms with Gasteiger partial charge in [-0.1, -0.05) is 6.07 Å². The van der Waals surface area contributed by atoms with Crippen LogP contribution < -0.4 is 9.47 Å². The highest BCUT2D eigenvalue weighted by Gasteiger charge is 2.55. The van der Waals surface area contributed by atoms with Crippen LogP contribution in [0, 0.1) is 23.2 Å². The van der Waals surface area contributed by atoms with Crippen molar-refractivity contribution in [1.82, 2.24) is 0 Å². The predicted molar refractivity (Wildman–Crippen MR) is 83.0 cm³/mol. The number of carbonyl (C=O) groups excluding carboxylic acids is 1. The number of hydrogen-bond donors (Lipinski definition) is 0. The van der Waals surface area contributed by atoms with E-state index in [1.54, 1.807) is 0 Å². The molecule has 4 fully saturated rings. The molecular weight excluding hydrogens is 292 g/mol. The molecule has 4 bridgehead atoms. The normalized spacial score (nSPS) is 36.3. The molecule has 0 spiro atoms. The smallest absolute Gasteiger partial charge is 0.312 e. The van der Waals surface area contributed by atoms with Crippen molar-refractivity contribution in [1.29, 1.82) is 0 Å². The molecule has 1 aromatic carbocycles. The standard InChI is InChI=1S/C19H22O4/c20-18(19-7-13-3-14(8-19)5-15(4-13)9-19)21-10-12-1-2-16-17(6-12)23-11-22-16/h1-2,6,13-15H,3-5,7-11H2. The molecule has 1 aliphatic heterocycles. The maximum Gasteiger partial charge on any atom is 0.312 e. The van der Waals surface area contributed by atoms with E-state index in [2.05, 4.69) is 0 Å². The fourth-order valence-electron chi connectivity index (χ4n) is 5.69. The maximum absolute atomic E-state index is 12.8. The molecule has 1 heterocycles. The van der Waals surface area contributed by atoms with Gasteiger partial charge in [0.15, 0.2) is 11.5 Å². The summed E-state index contributed by atoms with van der Waals surface area (Å²) in [6.45, 7) is 0.600. The Labute approximate surface area is 136 Å². The van der Waals surface area contributed by atoms with Gasteiger partial charge in [0.1, 0.15) is 6.61 Å². The molecule has 0 amide bonds. The molecule has 122 valence electrons. The van der Waals surface area contributed by atoms with E-state index in [1.807, 2.05) is 18.2 Å². The summed E-state index contributed by atoms with van der Waals surface area (Å²) in [5.41, 5.74) is 0.790. The van der Waals surface area contributed by atoms with E-state index < -0.39 is 0 Å². The monoisotopic (exact) mass is 314 g/mol. The molecule has 0 radical (unpaired) electrons. The SMILES string of the molecule is O=C(OCc1ccc2c(c1)OCO2)C12CC3CC(CC(C3)C1)C2. The highest BCUT2D eigenvalue weighted by atomic mass is 16.7. The molecule has 4 aliphatic carbocycles. The Morgan fingerprint density at radius 2 is 1.70 bits per heavy atom. The molecule has 6 rings (SSSR count). The molecule has 4 saturated carbocycles. The van der Waals surface area contributed by atoms with E-state index in [0.29, 0.717) is 6.61 Å². The van der Waals surface area contributed by atoms with Crippen LogP contribution in [-0.2, 0) is 16.1 Å². The lowest BCUT2D eigenvalue weighted by Gasteiger charge is -2.55. The van der Waals surface area contributed by atoms with Gasteiger partial charge in [-0.2, -0.15) is 0 Å². The van der Waals surface area contributed by atoms with Crippen LogP contribution in [0.5, 0.6) is 11.5 Å². The molecule has 0 aromatic heterocycles. The number of ether oxygens (including phenoxy) is 3. The van der Waals surface area contributed by atoms with Crippen LogP contribution in [-0.4, -0.2) is 12.8 Å². The molecule has 0 saturated heterocycles. The second kappa shape index (κ2) is 4.89. The number of fused-ring (bicyclic) bond motifs is 1. The predicted octanol–water partition coefficient (Wildman–Crippen LogP) is 3.67. The summed E-state index contributed by atoms with van der Waals surface area (Å²) in [5.74, 6) is 3.84. The van der Waals surface area contributed by atoms with Gasteiger partial charge in [0, 0.05) is 0 Å². The molecule has 4 nitrogen and oxygen atoms in total. The zero-order valence-electron chi connectivity index (χ0n) is 13.3. The van der Waals surface area contributed by atoms with Gasteiger partial charge in [-0.05, 0) is 74.0 Å². The van der Waals surface area contributed by atoms with E-state index in [-0.39, 0.29) is 18.2 Å². The first-order chi connectivity index (χ1) is 11.2. The summed E-state index contributed by atoms with van der Waals surface area (Å²) in [5, 5.41) is 0. The first-order valence-corrected chi connectivity index (χ1v) is 8.76. The van der Waals surface area contributed by atoms with Crippen molar-refractivity contribution in [3.05, 3.63) is 23.8 Å². The van der Waals surface area contributed by atoms with Crippen molar-refractivity contribution in [3.8, 4) is 11.5 Å². The second-order valence-electron chi connectivity index (χ2n) is 7.96. The molecule has 1 aromatic rings. The number of rotatable bonds is 3. The van der Waals surface area contributed by atoms with Crippen molar-refractivity contribution < 1.29 is 19.0 Å². The summed E-state index contributed by atoms with van der Waals surface area (Å²) in [6.07, 6.45) is 7.19. The lowest BCUT2D eigenvalue weighted by molar-refractivity contribution is -0.172. The Morgan fingerprint density at radius 1 is 1.04 bits per heavy atom. The Balaban J connectivity index is 1.29. The minimum absolute atomic E-state index is 0.0364. The summed E-state index contributed by atoms with van der Waals surface area (Å²) < 4.78 is 16.4. The largest absolute Gasteiger partial charge is 0.460 e. The molecule has 0 N–H and O–H groups in total. The molecule has 0 unspecified atom stereocenters. The summed E-state index contributed by atoms with van der Waals surface area (Å²) in [4.78, 5) is 12.8. The Kier molecular flexibility index (Phi) is 2.91. The van der Waals surface area contributed by atoms with Gasteiger partial charge < -0.3 is 14.2 Å². The lowest BCUT2D eigenvalue weighted by Crippen LogP contribution is -2.50. The van der Waals surface area contributed by atoms with Crippen LogP contribution in [0.25, 0.3) is 0 Å². The average molecular weight is 314 g/mol. The first-order valence-electron chi connectivity index (χ1n) is 8.76.